The maximum Gasteiger partial charge on any atom is 0.328 e. The topological polar surface area (TPSA) is 66.8 Å². The number of rotatable bonds is 6. The van der Waals surface area contributed by atoms with Crippen LogP contribution < -0.4 is 0 Å². The van der Waals surface area contributed by atoms with Crippen molar-refractivity contribution in [3.05, 3.63) is 0 Å². The van der Waals surface area contributed by atoms with Crippen molar-refractivity contribution < 1.29 is 19.4 Å². The number of hydrogen-bond donors (Lipinski definition) is 1. The van der Waals surface area contributed by atoms with Gasteiger partial charge in [-0.25, -0.2) is 4.79 Å². The van der Waals surface area contributed by atoms with Gasteiger partial charge in [0.25, 0.3) is 0 Å². The van der Waals surface area contributed by atoms with Gasteiger partial charge in [-0.3, -0.25) is 4.79 Å². The van der Waals surface area contributed by atoms with Gasteiger partial charge in [0.15, 0.2) is 6.04 Å². The van der Waals surface area contributed by atoms with Gasteiger partial charge < -0.3 is 14.7 Å². The molecule has 1 unspecified atom stereocenters. The molecule has 18 heavy (non-hydrogen) atoms. The lowest BCUT2D eigenvalue weighted by Crippen LogP contribution is -2.53. The lowest BCUT2D eigenvalue weighted by atomic mass is 10.2. The molecule has 5 nitrogen and oxygen atoms in total. The molecule has 1 atom stereocenters. The normalized spacial score (nSPS) is 20.2. The molecule has 104 valence electrons. The monoisotopic (exact) mass is 275 g/mol. The first-order valence-electron chi connectivity index (χ1n) is 6.20. The van der Waals surface area contributed by atoms with Crippen LogP contribution in [0.2, 0.25) is 0 Å². The van der Waals surface area contributed by atoms with E-state index >= 15 is 0 Å². The van der Waals surface area contributed by atoms with Gasteiger partial charge in [-0.15, -0.1) is 0 Å². The van der Waals surface area contributed by atoms with Gasteiger partial charge in [0.05, 0.1) is 19.0 Å². The molecule has 0 spiro atoms. The van der Waals surface area contributed by atoms with Crippen molar-refractivity contribution >= 4 is 23.6 Å². The van der Waals surface area contributed by atoms with E-state index in [9.17, 15) is 9.59 Å². The molecule has 0 aromatic carbocycles. The van der Waals surface area contributed by atoms with Crippen molar-refractivity contribution in [2.75, 3.05) is 31.3 Å². The van der Waals surface area contributed by atoms with Gasteiger partial charge in [-0.05, 0) is 18.1 Å². The molecule has 6 heteroatoms. The largest absolute Gasteiger partial charge is 0.480 e. The molecule has 0 aliphatic carbocycles. The maximum atomic E-state index is 11.9. The van der Waals surface area contributed by atoms with E-state index in [1.54, 1.807) is 11.8 Å². The van der Waals surface area contributed by atoms with E-state index in [1.165, 1.54) is 4.90 Å². The zero-order valence-corrected chi connectivity index (χ0v) is 11.7. The summed E-state index contributed by atoms with van der Waals surface area (Å²) < 4.78 is 5.10. The highest BCUT2D eigenvalue weighted by atomic mass is 32.2. The standard InChI is InChI=1S/C12H21NO4S/c1-9(2)3-6-18-8-11(14)13-4-5-17-7-10(13)12(15)16/h9-10H,3-8H2,1-2H3,(H,15,16). The van der Waals surface area contributed by atoms with Crippen LogP contribution in [-0.2, 0) is 14.3 Å². The van der Waals surface area contributed by atoms with Crippen LogP contribution in [0.5, 0.6) is 0 Å². The first-order valence-corrected chi connectivity index (χ1v) is 7.35. The third kappa shape index (κ3) is 4.86. The minimum absolute atomic E-state index is 0.0950. The van der Waals surface area contributed by atoms with Gasteiger partial charge in [0.1, 0.15) is 0 Å². The van der Waals surface area contributed by atoms with E-state index < -0.39 is 12.0 Å². The lowest BCUT2D eigenvalue weighted by molar-refractivity contribution is -0.157. The van der Waals surface area contributed by atoms with Crippen LogP contribution in [0.3, 0.4) is 0 Å². The number of carboxylic acid groups (broad SMARTS) is 1. The summed E-state index contributed by atoms with van der Waals surface area (Å²) in [7, 11) is 0. The summed E-state index contributed by atoms with van der Waals surface area (Å²) in [5.74, 6) is 0.833. The first-order chi connectivity index (χ1) is 8.52. The first kappa shape index (κ1) is 15.3. The molecule has 1 fully saturated rings. The predicted molar refractivity (Wildman–Crippen MR) is 70.7 cm³/mol. The molecule has 1 aliphatic heterocycles. The average Bonchev–Trinajstić information content (AvgIpc) is 2.34. The fourth-order valence-electron chi connectivity index (χ4n) is 1.67. The molecule has 1 amide bonds. The molecule has 0 radical (unpaired) electrons. The van der Waals surface area contributed by atoms with Crippen molar-refractivity contribution in [1.29, 1.82) is 0 Å². The summed E-state index contributed by atoms with van der Waals surface area (Å²) in [4.78, 5) is 24.4. The Morgan fingerprint density at radius 1 is 1.50 bits per heavy atom. The summed E-state index contributed by atoms with van der Waals surface area (Å²) in [5, 5.41) is 9.02. The van der Waals surface area contributed by atoms with Crippen LogP contribution in [0, 0.1) is 5.92 Å². The van der Waals surface area contributed by atoms with E-state index in [0.717, 1.165) is 12.2 Å². The molecule has 0 saturated carbocycles. The van der Waals surface area contributed by atoms with Crippen LogP contribution in [0.4, 0.5) is 0 Å². The van der Waals surface area contributed by atoms with Crippen LogP contribution in [0.25, 0.3) is 0 Å². The summed E-state index contributed by atoms with van der Waals surface area (Å²) in [6.45, 7) is 5.18. The number of morpholine rings is 1. The highest BCUT2D eigenvalue weighted by Gasteiger charge is 2.32. The number of amides is 1. The Hall–Kier alpha value is -0.750. The zero-order valence-electron chi connectivity index (χ0n) is 10.9. The number of aliphatic carboxylic acids is 1. The minimum atomic E-state index is -0.991. The van der Waals surface area contributed by atoms with Crippen molar-refractivity contribution in [3.63, 3.8) is 0 Å². The number of carbonyl (C=O) groups is 2. The van der Waals surface area contributed by atoms with E-state index in [2.05, 4.69) is 13.8 Å². The third-order valence-corrected chi connectivity index (χ3v) is 3.77. The van der Waals surface area contributed by atoms with Crippen molar-refractivity contribution in [1.82, 2.24) is 4.90 Å². The Morgan fingerprint density at radius 2 is 2.22 bits per heavy atom. The molecular formula is C12H21NO4S. The van der Waals surface area contributed by atoms with Crippen molar-refractivity contribution in [2.24, 2.45) is 5.92 Å². The van der Waals surface area contributed by atoms with Crippen molar-refractivity contribution in [3.8, 4) is 0 Å². The fraction of sp³-hybridized carbons (Fsp3) is 0.833. The Bertz CT molecular complexity index is 296. The number of ether oxygens (including phenoxy) is 1. The zero-order chi connectivity index (χ0) is 13.5. The average molecular weight is 275 g/mol. The fourth-order valence-corrected chi connectivity index (χ4v) is 2.79. The molecule has 1 saturated heterocycles. The minimum Gasteiger partial charge on any atom is -0.480 e. The smallest absolute Gasteiger partial charge is 0.328 e. The number of nitrogens with zero attached hydrogens (tertiary/aromatic N) is 1. The number of carboxylic acids is 1. The molecule has 1 aliphatic rings. The third-order valence-electron chi connectivity index (χ3n) is 2.80. The Labute approximate surface area is 112 Å². The Balaban J connectivity index is 2.36. The van der Waals surface area contributed by atoms with Gasteiger partial charge in [-0.1, -0.05) is 13.8 Å². The molecular weight excluding hydrogens is 254 g/mol. The van der Waals surface area contributed by atoms with Crippen LogP contribution in [0.15, 0.2) is 0 Å². The summed E-state index contributed by atoms with van der Waals surface area (Å²) in [6, 6.07) is -0.822. The van der Waals surface area contributed by atoms with Gasteiger partial charge in [-0.2, -0.15) is 11.8 Å². The number of carbonyl (C=O) groups excluding carboxylic acids is 1. The Morgan fingerprint density at radius 3 is 2.83 bits per heavy atom. The van der Waals surface area contributed by atoms with Crippen LogP contribution in [-0.4, -0.2) is 59.2 Å². The Kier molecular flexibility index (Phi) is 6.49. The number of hydrogen-bond acceptors (Lipinski definition) is 4. The van der Waals surface area contributed by atoms with E-state index in [-0.39, 0.29) is 12.5 Å². The molecule has 0 bridgehead atoms. The number of thioether (sulfide) groups is 1. The highest BCUT2D eigenvalue weighted by molar-refractivity contribution is 7.99. The van der Waals surface area contributed by atoms with Crippen molar-refractivity contribution in [2.45, 2.75) is 26.3 Å². The summed E-state index contributed by atoms with van der Waals surface area (Å²) >= 11 is 1.57. The quantitative estimate of drug-likeness (QED) is 0.735. The van der Waals surface area contributed by atoms with E-state index in [0.29, 0.717) is 24.8 Å². The molecule has 1 heterocycles. The second kappa shape index (κ2) is 7.63. The van der Waals surface area contributed by atoms with Crippen LogP contribution in [0.1, 0.15) is 20.3 Å². The molecule has 1 rings (SSSR count). The predicted octanol–water partition coefficient (Wildman–Crippen LogP) is 1.08. The van der Waals surface area contributed by atoms with Gasteiger partial charge in [0.2, 0.25) is 5.91 Å². The lowest BCUT2D eigenvalue weighted by Gasteiger charge is -2.32. The van der Waals surface area contributed by atoms with E-state index in [4.69, 9.17) is 9.84 Å². The molecule has 0 aromatic heterocycles. The van der Waals surface area contributed by atoms with E-state index in [1.807, 2.05) is 0 Å². The van der Waals surface area contributed by atoms with Gasteiger partial charge in [0, 0.05) is 6.54 Å². The SMILES string of the molecule is CC(C)CCSCC(=O)N1CCOCC1C(=O)O. The highest BCUT2D eigenvalue weighted by Crippen LogP contribution is 2.13. The molecule has 1 N–H and O–H groups in total. The summed E-state index contributed by atoms with van der Waals surface area (Å²) in [5.41, 5.74) is 0. The second-order valence-corrected chi connectivity index (χ2v) is 5.86. The second-order valence-electron chi connectivity index (χ2n) is 4.75. The van der Waals surface area contributed by atoms with Crippen LogP contribution >= 0.6 is 11.8 Å². The summed E-state index contributed by atoms with van der Waals surface area (Å²) in [6.07, 6.45) is 1.07. The molecule has 0 aromatic rings. The van der Waals surface area contributed by atoms with Gasteiger partial charge >= 0.3 is 5.97 Å². The maximum absolute atomic E-state index is 11.9.